The Bertz CT molecular complexity index is 182. The molecule has 14 heavy (non-hydrogen) atoms. The van der Waals surface area contributed by atoms with E-state index in [0.717, 1.165) is 12.8 Å². The van der Waals surface area contributed by atoms with Crippen molar-refractivity contribution < 1.29 is 19.4 Å². The minimum atomic E-state index is -1.10. The molecular formula is C9H19AlO4. The van der Waals surface area contributed by atoms with Crippen LogP contribution in [-0.2, 0) is 14.3 Å². The van der Waals surface area contributed by atoms with Crippen LogP contribution < -0.4 is 0 Å². The molecular weight excluding hydrogens is 199 g/mol. The molecule has 4 nitrogen and oxygen atoms in total. The molecule has 1 atom stereocenters. The molecule has 0 aliphatic rings. The highest BCUT2D eigenvalue weighted by Gasteiger charge is 2.15. The number of unbranched alkanes of at least 4 members (excludes halogenated alkanes) is 1. The highest BCUT2D eigenvalue weighted by molar-refractivity contribution is 5.97. The van der Waals surface area contributed by atoms with Crippen LogP contribution in [0.15, 0.2) is 0 Å². The van der Waals surface area contributed by atoms with Gasteiger partial charge < -0.3 is 9.84 Å². The molecule has 0 aromatic heterocycles. The second-order valence-electron chi connectivity index (χ2n) is 2.90. The van der Waals surface area contributed by atoms with Gasteiger partial charge in [-0.25, -0.2) is 0 Å². The van der Waals surface area contributed by atoms with Crippen LogP contribution in [0.25, 0.3) is 0 Å². The minimum Gasteiger partial charge on any atom is -0.481 e. The monoisotopic (exact) mass is 218 g/mol. The molecule has 1 N–H and O–H groups in total. The zero-order valence-electron chi connectivity index (χ0n) is 8.08. The van der Waals surface area contributed by atoms with Crippen molar-refractivity contribution in [3.63, 3.8) is 0 Å². The van der Waals surface area contributed by atoms with E-state index in [-0.39, 0.29) is 23.1 Å². The number of Topliss-reactive ketones (excluding diaryl/α,β-unsaturated/α-hetero) is 1. The molecule has 1 unspecified atom stereocenters. The van der Waals surface area contributed by atoms with E-state index >= 15 is 0 Å². The lowest BCUT2D eigenvalue weighted by Crippen LogP contribution is -2.23. The van der Waals surface area contributed by atoms with Gasteiger partial charge in [0.1, 0.15) is 12.5 Å². The predicted octanol–water partition coefficient (Wildman–Crippen LogP) is 0.0515. The molecule has 82 valence electrons. The second kappa shape index (κ2) is 9.20. The summed E-state index contributed by atoms with van der Waals surface area (Å²) in [5.74, 6) is -1.47. The van der Waals surface area contributed by atoms with E-state index in [1.165, 1.54) is 0 Å². The predicted molar refractivity (Wildman–Crippen MR) is 57.5 cm³/mol. The summed E-state index contributed by atoms with van der Waals surface area (Å²) in [6.07, 6.45) is 0.848. The first-order valence-electron chi connectivity index (χ1n) is 4.44. The second-order valence-corrected chi connectivity index (χ2v) is 2.90. The number of carbonyl (C=O) groups is 2. The van der Waals surface area contributed by atoms with E-state index in [9.17, 15) is 9.59 Å². The van der Waals surface area contributed by atoms with E-state index in [0.29, 0.717) is 6.61 Å². The number of carbonyl (C=O) groups excluding carboxylic acids is 1. The number of ether oxygens (including phenoxy) is 1. The highest BCUT2D eigenvalue weighted by atomic mass is 27.0. The average Bonchev–Trinajstić information content (AvgIpc) is 2.03. The molecule has 0 aromatic rings. The van der Waals surface area contributed by atoms with Crippen LogP contribution >= 0.6 is 0 Å². The molecule has 0 bridgehead atoms. The summed E-state index contributed by atoms with van der Waals surface area (Å²) < 4.78 is 5.13. The van der Waals surface area contributed by atoms with Crippen molar-refractivity contribution in [2.24, 2.45) is 0 Å². The molecule has 0 radical (unpaired) electrons. The van der Waals surface area contributed by atoms with Gasteiger partial charge in [-0.1, -0.05) is 13.3 Å². The van der Waals surface area contributed by atoms with Gasteiger partial charge in [-0.2, -0.15) is 0 Å². The van der Waals surface area contributed by atoms with E-state index in [1.807, 2.05) is 6.92 Å². The van der Waals surface area contributed by atoms with Crippen LogP contribution in [0.5, 0.6) is 0 Å². The maximum atomic E-state index is 11.0. The van der Waals surface area contributed by atoms with Crippen LogP contribution in [0.2, 0.25) is 0 Å². The van der Waals surface area contributed by atoms with Crippen LogP contribution in [0.1, 0.15) is 33.1 Å². The molecule has 0 aliphatic heterocycles. The molecule has 0 aromatic carbocycles. The van der Waals surface area contributed by atoms with Crippen molar-refractivity contribution in [3.05, 3.63) is 0 Å². The van der Waals surface area contributed by atoms with Crippen molar-refractivity contribution in [3.8, 4) is 0 Å². The molecule has 0 aliphatic carbocycles. The van der Waals surface area contributed by atoms with Crippen LogP contribution in [0.3, 0.4) is 0 Å². The Morgan fingerprint density at radius 2 is 2.00 bits per heavy atom. The molecule has 0 heterocycles. The van der Waals surface area contributed by atoms with Crippen molar-refractivity contribution in [2.75, 3.05) is 6.61 Å². The number of hydrogen-bond acceptors (Lipinski definition) is 3. The number of rotatable bonds is 7. The van der Waals surface area contributed by atoms with Gasteiger partial charge in [0.05, 0.1) is 0 Å². The fourth-order valence-corrected chi connectivity index (χ4v) is 0.790. The van der Waals surface area contributed by atoms with Gasteiger partial charge in [-0.3, -0.25) is 9.59 Å². The fourth-order valence-electron chi connectivity index (χ4n) is 0.790. The maximum absolute atomic E-state index is 11.0. The third-order valence-electron chi connectivity index (χ3n) is 1.64. The van der Waals surface area contributed by atoms with Crippen LogP contribution in [0, 0.1) is 0 Å². The number of hydrogen-bond donors (Lipinski definition) is 1. The van der Waals surface area contributed by atoms with Crippen LogP contribution in [0.4, 0.5) is 0 Å². The van der Waals surface area contributed by atoms with Crippen molar-refractivity contribution in [1.82, 2.24) is 0 Å². The van der Waals surface area contributed by atoms with Crippen molar-refractivity contribution in [2.45, 2.75) is 39.2 Å². The minimum absolute atomic E-state index is 0. The topological polar surface area (TPSA) is 63.6 Å². The number of ketones is 1. The maximum Gasteiger partial charge on any atom is 0.310 e. The zero-order chi connectivity index (χ0) is 10.3. The summed E-state index contributed by atoms with van der Waals surface area (Å²) in [5.41, 5.74) is 0. The Labute approximate surface area is 94.8 Å². The molecule has 5 heteroatoms. The summed E-state index contributed by atoms with van der Waals surface area (Å²) in [5, 5.41) is 8.33. The zero-order valence-corrected chi connectivity index (χ0v) is 8.08. The number of aliphatic carboxylic acids is 1. The largest absolute Gasteiger partial charge is 0.481 e. The molecule has 0 fully saturated rings. The van der Waals surface area contributed by atoms with Gasteiger partial charge in [0.15, 0.2) is 23.1 Å². The molecule has 0 saturated heterocycles. The normalized spacial score (nSPS) is 11.6. The average molecular weight is 218 g/mol. The summed E-state index contributed by atoms with van der Waals surface area (Å²) in [4.78, 5) is 21.2. The Morgan fingerprint density at radius 3 is 2.43 bits per heavy atom. The van der Waals surface area contributed by atoms with Crippen molar-refractivity contribution >= 4 is 29.1 Å². The quantitative estimate of drug-likeness (QED) is 0.372. The number of carboxylic acids is 1. The molecule has 0 rings (SSSR count). The lowest BCUT2D eigenvalue weighted by atomic mass is 10.2. The Kier molecular flexibility index (Phi) is 10.6. The van der Waals surface area contributed by atoms with Gasteiger partial charge in [-0.05, 0) is 13.3 Å². The van der Waals surface area contributed by atoms with Crippen molar-refractivity contribution in [1.29, 1.82) is 0 Å². The van der Waals surface area contributed by atoms with Gasteiger partial charge in [0, 0.05) is 6.61 Å². The van der Waals surface area contributed by atoms with Gasteiger partial charge in [-0.15, -0.1) is 0 Å². The van der Waals surface area contributed by atoms with Crippen LogP contribution in [-0.4, -0.2) is 46.9 Å². The first kappa shape index (κ1) is 16.1. The van der Waals surface area contributed by atoms with E-state index in [2.05, 4.69) is 0 Å². The Morgan fingerprint density at radius 1 is 1.43 bits per heavy atom. The van der Waals surface area contributed by atoms with E-state index in [4.69, 9.17) is 9.84 Å². The standard InChI is InChI=1S/C9H16O4.Al.3H/c1-3-4-5-13-7(2)8(10)6-9(11)12;;;;/h7H,3-6H2,1-2H3,(H,11,12);;;;. The molecule has 0 amide bonds. The highest BCUT2D eigenvalue weighted by Crippen LogP contribution is 1.99. The lowest BCUT2D eigenvalue weighted by Gasteiger charge is -2.09. The fraction of sp³-hybridized carbons (Fsp3) is 0.778. The van der Waals surface area contributed by atoms with Gasteiger partial charge in [0.25, 0.3) is 0 Å². The summed E-state index contributed by atoms with van der Waals surface area (Å²) >= 11 is 0. The Hall–Kier alpha value is -0.368. The summed E-state index contributed by atoms with van der Waals surface area (Å²) in [7, 11) is 0. The smallest absolute Gasteiger partial charge is 0.310 e. The number of carboxylic acid groups (broad SMARTS) is 1. The molecule has 0 spiro atoms. The Balaban J connectivity index is 0. The first-order chi connectivity index (χ1) is 6.07. The summed E-state index contributed by atoms with van der Waals surface area (Å²) in [6, 6.07) is 0. The van der Waals surface area contributed by atoms with E-state index in [1.54, 1.807) is 6.92 Å². The van der Waals surface area contributed by atoms with E-state index < -0.39 is 18.5 Å². The van der Waals surface area contributed by atoms with Gasteiger partial charge >= 0.3 is 5.97 Å². The van der Waals surface area contributed by atoms with Gasteiger partial charge in [0.2, 0.25) is 0 Å². The third kappa shape index (κ3) is 8.24. The third-order valence-corrected chi connectivity index (χ3v) is 1.64. The lowest BCUT2D eigenvalue weighted by molar-refractivity contribution is -0.143. The summed E-state index contributed by atoms with van der Waals surface area (Å²) in [6.45, 7) is 4.12. The SMILES string of the molecule is CCCCOC(C)C(=O)CC(=O)O.[AlH3]. The first-order valence-corrected chi connectivity index (χ1v) is 4.44. The molecule has 0 saturated carbocycles.